The molecule has 0 bridgehead atoms. The van der Waals surface area contributed by atoms with Crippen LogP contribution in [0.3, 0.4) is 0 Å². The minimum absolute atomic E-state index is 0.0124. The standard InChI is InChI=1S/C22H30ClN3O3.C22H28ClN3O3.C18H23ClN2O.C16H28BNO4.C12H12BrClN2O.C7H4BrClN2.CH3ClO2S/c2*1-22(2,3)29-21(27)25-9-7-15(8-10-25)17-12-16(23)13-19-18(17)14-24-26(19)20-6-4-5-11-28-20;19-14-10-15(13-6-2-1-3-7-13)16-12-20-21(17(16)11-14)18-8-4-5-9-22-18;1-14(2,3)20-13(19)18-10-8-12(9-11-18)17-21-15(4,5)16(6,7)22-17;13-10-5-8(14)6-11-9(10)7-15-16(11)12-3-1-2-4-17-12;8-6-1-4(9)2-7-5(6)3-10-11-7;1-5(2,3)4/h12-15,20H,4-11H2,1-3H3;7,12-14,20H,4-6,8-11H2,1-3H3;10-13,18H,1-9H2;8H,9-11H2,1-7H3;5-7,12H,1-4H2;1-2H,3H2;1H3. The van der Waals surface area contributed by atoms with E-state index in [1.54, 1.807) is 9.80 Å². The van der Waals surface area contributed by atoms with Crippen molar-refractivity contribution in [3.63, 3.8) is 0 Å². The highest BCUT2D eigenvalue weighted by Crippen LogP contribution is 2.45. The molecule has 6 saturated heterocycles. The number of likely N-dealkylation sites (tertiary alicyclic amines) is 1. The first-order valence-electron chi connectivity index (χ1n) is 47.1. The molecule has 3 amide bonds. The van der Waals surface area contributed by atoms with E-state index in [0.29, 0.717) is 72.7 Å². The van der Waals surface area contributed by atoms with Crippen molar-refractivity contribution in [1.82, 2.24) is 53.8 Å². The van der Waals surface area contributed by atoms with E-state index in [4.69, 9.17) is 100 Å². The summed E-state index contributed by atoms with van der Waals surface area (Å²) in [6.45, 7) is 32.7. The summed E-state index contributed by atoms with van der Waals surface area (Å²) in [5.74, 6) is 0.986. The molecular weight excluding hydrogens is 2000 g/mol. The summed E-state index contributed by atoms with van der Waals surface area (Å²) in [4.78, 5) is 42.0. The second-order valence-corrected chi connectivity index (χ2v) is 46.6. The molecule has 1 saturated carbocycles. The fourth-order valence-electron chi connectivity index (χ4n) is 17.9. The zero-order valence-electron chi connectivity index (χ0n) is 79.9. The number of rotatable bonds is 8. The zero-order valence-corrected chi connectivity index (χ0v) is 88.4. The molecule has 4 atom stereocenters. The van der Waals surface area contributed by atoms with Gasteiger partial charge in [0, 0.05) is 138 Å². The predicted molar refractivity (Wildman–Crippen MR) is 543 cm³/mol. The van der Waals surface area contributed by atoms with Gasteiger partial charge in [-0.25, -0.2) is 41.5 Å². The molecule has 4 unspecified atom stereocenters. The number of ether oxygens (including phenoxy) is 7. The van der Waals surface area contributed by atoms with Gasteiger partial charge in [0.05, 0.1) is 76.5 Å². The maximum Gasteiger partial charge on any atom is 0.490 e. The first-order valence-corrected chi connectivity index (χ1v) is 53.3. The number of aromatic nitrogens is 8. The lowest BCUT2D eigenvalue weighted by atomic mass is 9.75. The number of halogens is 8. The number of benzene rings is 5. The Kier molecular flexibility index (Phi) is 36.3. The van der Waals surface area contributed by atoms with Gasteiger partial charge in [0.25, 0.3) is 0 Å². The second kappa shape index (κ2) is 46.4. The van der Waals surface area contributed by atoms with E-state index in [-0.39, 0.29) is 61.5 Å². The van der Waals surface area contributed by atoms with Crippen molar-refractivity contribution in [2.75, 3.05) is 72.0 Å². The van der Waals surface area contributed by atoms with Crippen LogP contribution in [0.1, 0.15) is 284 Å². The summed E-state index contributed by atoms with van der Waals surface area (Å²) in [5, 5.41) is 34.3. The first-order chi connectivity index (χ1) is 63.9. The normalized spacial score (nSPS) is 21.1. The topological polar surface area (TPSA) is 274 Å². The maximum absolute atomic E-state index is 12.4. The highest BCUT2D eigenvalue weighted by Gasteiger charge is 2.53. The van der Waals surface area contributed by atoms with E-state index in [1.165, 1.54) is 67.0 Å². The van der Waals surface area contributed by atoms with Gasteiger partial charge in [-0.3, -0.25) is 0 Å². The van der Waals surface area contributed by atoms with E-state index in [2.05, 4.69) is 91.4 Å². The minimum atomic E-state index is -3.19. The number of amides is 3. The Morgan fingerprint density at radius 2 is 0.807 bits per heavy atom. The number of hydrogen-bond donors (Lipinski definition) is 0. The number of hydrogen-bond acceptors (Lipinski definition) is 20. The molecule has 0 spiro atoms. The summed E-state index contributed by atoms with van der Waals surface area (Å²) < 4.78 is 80.7. The highest BCUT2D eigenvalue weighted by molar-refractivity contribution is 9.11. The van der Waals surface area contributed by atoms with Crippen LogP contribution in [0.15, 0.2) is 122 Å². The Bertz CT molecular complexity index is 5810. The second-order valence-electron chi connectivity index (χ2n) is 39.7. The molecule has 1 aliphatic carbocycles. The lowest BCUT2D eigenvalue weighted by Gasteiger charge is -2.34. The van der Waals surface area contributed by atoms with Crippen molar-refractivity contribution in [2.45, 2.75) is 296 Å². The zero-order chi connectivity index (χ0) is 97.1. The SMILES string of the molecule is CC(C)(C)OC(=O)N1CC=C(B2OC(C)(C)C(C)(C)O2)CC1.CC(C)(C)OC(=O)N1CC=C(c2cc(Cl)cc3c2cnn3C2CCCCO2)CC1.CC(C)(C)OC(=O)N1CCC(c2cc(Cl)cc3c2cnn3C2CCCCO2)CC1.CS(=O)(=O)Cl.Clc1cc(Br)c2c(c1)N=NC2.Clc1cc(Br)c2cnn(C3CCCCO3)c2c1.Clc1cc(C2CCCCC2)c2cnn(C3CCCCO3)c2c1. The fourth-order valence-corrected chi connectivity index (χ4v) is 20.4. The summed E-state index contributed by atoms with van der Waals surface area (Å²) in [7, 11) is 0.994. The van der Waals surface area contributed by atoms with Gasteiger partial charge in [-0.1, -0.05) is 105 Å². The van der Waals surface area contributed by atoms with Gasteiger partial charge < -0.3 is 57.2 Å². The quantitative estimate of drug-likeness (QED) is 0.0776. The highest BCUT2D eigenvalue weighted by atomic mass is 79.9. The summed E-state index contributed by atoms with van der Waals surface area (Å²) in [6.07, 6.45) is 35.1. The van der Waals surface area contributed by atoms with Crippen molar-refractivity contribution < 1.29 is 65.3 Å². The Hall–Kier alpha value is -6.66. The van der Waals surface area contributed by atoms with Crippen LogP contribution >= 0.6 is 101 Å². The first kappa shape index (κ1) is 106. The third-order valence-electron chi connectivity index (χ3n) is 25.3. The van der Waals surface area contributed by atoms with Gasteiger partial charge in [-0.05, 0) is 322 Å². The number of fused-ring (bicyclic) bond motifs is 5. The molecule has 4 aromatic heterocycles. The van der Waals surface area contributed by atoms with Crippen LogP contribution in [0, 0.1) is 0 Å². The summed E-state index contributed by atoms with van der Waals surface area (Å²) in [6, 6.07) is 19.7. The van der Waals surface area contributed by atoms with Crippen molar-refractivity contribution in [2.24, 2.45) is 10.2 Å². The van der Waals surface area contributed by atoms with E-state index in [1.807, 2.05) is 193 Å². The molecule has 19 rings (SSSR count). The van der Waals surface area contributed by atoms with Crippen molar-refractivity contribution in [3.8, 4) is 0 Å². The Labute approximate surface area is 840 Å². The van der Waals surface area contributed by atoms with Crippen LogP contribution in [0.5, 0.6) is 0 Å². The van der Waals surface area contributed by atoms with Gasteiger partial charge in [0.15, 0.2) is 24.9 Å². The molecule has 7 fully saturated rings. The molecule has 734 valence electrons. The monoisotopic (exact) mass is 2120 g/mol. The van der Waals surface area contributed by atoms with E-state index in [9.17, 15) is 22.8 Å². The third kappa shape index (κ3) is 28.8. The van der Waals surface area contributed by atoms with Gasteiger partial charge in [0.2, 0.25) is 9.05 Å². The average molecular weight is 2130 g/mol. The fraction of sp³-hybridized carbons (Fsp3) is 0.582. The Morgan fingerprint density at radius 1 is 0.444 bits per heavy atom. The van der Waals surface area contributed by atoms with Crippen molar-refractivity contribution in [3.05, 3.63) is 159 Å². The van der Waals surface area contributed by atoms with Crippen LogP contribution in [-0.2, 0) is 58.1 Å². The maximum atomic E-state index is 12.4. The summed E-state index contributed by atoms with van der Waals surface area (Å²) >= 11 is 38.2. The number of nitrogens with zero attached hydrogens (tertiary/aromatic N) is 13. The molecule has 135 heavy (non-hydrogen) atoms. The van der Waals surface area contributed by atoms with E-state index in [0.717, 1.165) is 202 Å². The van der Waals surface area contributed by atoms with Crippen LogP contribution < -0.4 is 0 Å². The van der Waals surface area contributed by atoms with Crippen molar-refractivity contribution >= 4 is 190 Å². The van der Waals surface area contributed by atoms with Gasteiger partial charge in [0.1, 0.15) is 16.8 Å². The lowest BCUT2D eigenvalue weighted by molar-refractivity contribution is -0.0367. The molecule has 27 nitrogen and oxygen atoms in total. The molecule has 37 heteroatoms. The number of azo groups is 1. The largest absolute Gasteiger partial charge is 0.490 e. The number of carbonyl (C=O) groups is 3. The molecule has 9 aromatic rings. The van der Waals surface area contributed by atoms with Crippen LogP contribution in [0.4, 0.5) is 20.1 Å². The molecule has 0 radical (unpaired) electrons. The molecule has 10 aliphatic rings. The third-order valence-corrected chi connectivity index (χ3v) is 27.7. The summed E-state index contributed by atoms with van der Waals surface area (Å²) in [5.41, 5.74) is 10.1. The predicted octanol–water partition coefficient (Wildman–Crippen LogP) is 27.6. The van der Waals surface area contributed by atoms with Gasteiger partial charge >= 0.3 is 25.4 Å². The molecule has 0 N–H and O–H groups in total. The smallest absolute Gasteiger partial charge is 0.444 e. The number of carbonyl (C=O) groups excluding carboxylic acids is 3. The van der Waals surface area contributed by atoms with E-state index < -0.39 is 25.9 Å². The van der Waals surface area contributed by atoms with Crippen LogP contribution in [0.2, 0.25) is 25.1 Å². The Balaban J connectivity index is 0.000000138. The van der Waals surface area contributed by atoms with Crippen LogP contribution in [0.25, 0.3) is 49.2 Å². The average Bonchev–Trinajstić information content (AvgIpc) is 1.65. The molecule has 5 aromatic carbocycles. The number of piperidine rings is 1. The lowest BCUT2D eigenvalue weighted by Crippen LogP contribution is -2.41. The van der Waals surface area contributed by atoms with E-state index >= 15 is 0 Å². The molecule has 13 heterocycles. The molecule has 9 aliphatic heterocycles. The van der Waals surface area contributed by atoms with Gasteiger partial charge in [-0.2, -0.15) is 30.6 Å². The van der Waals surface area contributed by atoms with Gasteiger partial charge in [-0.15, -0.1) is 0 Å². The van der Waals surface area contributed by atoms with Crippen molar-refractivity contribution in [1.29, 1.82) is 0 Å². The van der Waals surface area contributed by atoms with Crippen LogP contribution in [-0.4, -0.2) is 188 Å². The Morgan fingerprint density at radius 3 is 1.21 bits per heavy atom. The minimum Gasteiger partial charge on any atom is -0.444 e. The molecular formula is C98H128BBr2Cl6N13O14S.